The standard InChI is InChI=1S/C28H28O8/c29-22(24(31)32)23(30)28(26(35)36,18-21-14-8-3-9-15-21)27(25(33)34,16-19-10-4-1-5-11-19)17-20-12-6-2-7-13-20/h1-15,22-23,29-30H,16-18H2,(H,31,32)(H,33,34)(H,35,36). The molecule has 3 aromatic carbocycles. The lowest BCUT2D eigenvalue weighted by Gasteiger charge is -2.48. The van der Waals surface area contributed by atoms with Gasteiger partial charge in [0.05, 0.1) is 5.41 Å². The van der Waals surface area contributed by atoms with Crippen molar-refractivity contribution in [2.45, 2.75) is 31.5 Å². The number of benzene rings is 3. The normalized spacial score (nSPS) is 14.8. The Balaban J connectivity index is 2.38. The average molecular weight is 493 g/mol. The summed E-state index contributed by atoms with van der Waals surface area (Å²) in [4.78, 5) is 38.2. The summed E-state index contributed by atoms with van der Waals surface area (Å²) in [6, 6.07) is 24.7. The molecule has 5 N–H and O–H groups in total. The topological polar surface area (TPSA) is 152 Å². The highest BCUT2D eigenvalue weighted by Gasteiger charge is 2.66. The van der Waals surface area contributed by atoms with Gasteiger partial charge < -0.3 is 25.5 Å². The number of carboxylic acid groups (broad SMARTS) is 3. The monoisotopic (exact) mass is 492 g/mol. The van der Waals surface area contributed by atoms with Crippen molar-refractivity contribution >= 4 is 17.9 Å². The summed E-state index contributed by atoms with van der Waals surface area (Å²) in [6.07, 6.45) is -6.24. The number of aliphatic carboxylic acids is 3. The van der Waals surface area contributed by atoms with Crippen LogP contribution < -0.4 is 0 Å². The van der Waals surface area contributed by atoms with Crippen LogP contribution in [-0.2, 0) is 33.6 Å². The first kappa shape index (κ1) is 26.6. The van der Waals surface area contributed by atoms with Gasteiger partial charge >= 0.3 is 17.9 Å². The Bertz CT molecular complexity index is 1140. The highest BCUT2D eigenvalue weighted by atomic mass is 16.4. The van der Waals surface area contributed by atoms with E-state index in [0.29, 0.717) is 16.7 Å². The fourth-order valence-electron chi connectivity index (χ4n) is 4.89. The molecule has 188 valence electrons. The highest BCUT2D eigenvalue weighted by Crippen LogP contribution is 2.51. The summed E-state index contributed by atoms with van der Waals surface area (Å²) < 4.78 is 0. The lowest BCUT2D eigenvalue weighted by Crippen LogP contribution is -2.65. The van der Waals surface area contributed by atoms with E-state index in [4.69, 9.17) is 0 Å². The van der Waals surface area contributed by atoms with Gasteiger partial charge in [-0.05, 0) is 36.0 Å². The van der Waals surface area contributed by atoms with Gasteiger partial charge in [0.15, 0.2) is 6.10 Å². The first-order chi connectivity index (χ1) is 17.1. The van der Waals surface area contributed by atoms with Crippen LogP contribution in [0.5, 0.6) is 0 Å². The summed E-state index contributed by atoms with van der Waals surface area (Å²) in [5.41, 5.74) is -3.60. The lowest BCUT2D eigenvalue weighted by molar-refractivity contribution is -0.200. The molecule has 0 aliphatic rings. The SMILES string of the molecule is O=C(O)C(O)C(O)C(Cc1ccccc1)(C(=O)O)C(Cc1ccccc1)(Cc1ccccc1)C(=O)O. The van der Waals surface area contributed by atoms with Crippen molar-refractivity contribution in [3.8, 4) is 0 Å². The third-order valence-corrected chi connectivity index (χ3v) is 6.73. The van der Waals surface area contributed by atoms with E-state index in [-0.39, 0.29) is 12.8 Å². The molecule has 3 atom stereocenters. The fourth-order valence-corrected chi connectivity index (χ4v) is 4.89. The van der Waals surface area contributed by atoms with Crippen molar-refractivity contribution in [3.63, 3.8) is 0 Å². The average Bonchev–Trinajstić information content (AvgIpc) is 2.87. The van der Waals surface area contributed by atoms with E-state index >= 15 is 0 Å². The zero-order chi connectivity index (χ0) is 26.3. The van der Waals surface area contributed by atoms with Crippen LogP contribution in [0, 0.1) is 10.8 Å². The minimum absolute atomic E-state index is 0.347. The molecule has 3 aromatic rings. The molecule has 8 heteroatoms. The fraction of sp³-hybridized carbons (Fsp3) is 0.250. The molecule has 0 aliphatic heterocycles. The van der Waals surface area contributed by atoms with Gasteiger partial charge in [0.1, 0.15) is 11.5 Å². The van der Waals surface area contributed by atoms with Gasteiger partial charge in [-0.1, -0.05) is 91.0 Å². The van der Waals surface area contributed by atoms with Crippen molar-refractivity contribution in [2.75, 3.05) is 0 Å². The van der Waals surface area contributed by atoms with Crippen LogP contribution in [0.4, 0.5) is 0 Å². The Hall–Kier alpha value is -4.01. The van der Waals surface area contributed by atoms with Crippen molar-refractivity contribution < 1.29 is 39.9 Å². The molecule has 0 fully saturated rings. The number of aliphatic hydroxyl groups is 2. The minimum Gasteiger partial charge on any atom is -0.481 e. The Morgan fingerprint density at radius 1 is 0.583 bits per heavy atom. The van der Waals surface area contributed by atoms with Gasteiger partial charge in [0, 0.05) is 0 Å². The highest BCUT2D eigenvalue weighted by molar-refractivity contribution is 5.89. The second kappa shape index (κ2) is 11.2. The second-order valence-electron chi connectivity index (χ2n) is 8.88. The number of carboxylic acids is 3. The van der Waals surface area contributed by atoms with Gasteiger partial charge in [-0.3, -0.25) is 9.59 Å². The van der Waals surface area contributed by atoms with Crippen molar-refractivity contribution in [1.82, 2.24) is 0 Å². The summed E-state index contributed by atoms with van der Waals surface area (Å²) in [5.74, 6) is -5.13. The minimum atomic E-state index is -2.65. The van der Waals surface area contributed by atoms with E-state index in [9.17, 15) is 39.9 Å². The molecule has 0 aliphatic carbocycles. The molecule has 0 bridgehead atoms. The van der Waals surface area contributed by atoms with E-state index in [1.807, 2.05) is 0 Å². The molecule has 0 radical (unpaired) electrons. The van der Waals surface area contributed by atoms with Crippen LogP contribution in [0.2, 0.25) is 0 Å². The Labute approximate surface area is 208 Å². The maximum atomic E-state index is 13.3. The van der Waals surface area contributed by atoms with Gasteiger partial charge in [0.25, 0.3) is 0 Å². The predicted octanol–water partition coefficient (Wildman–Crippen LogP) is 2.66. The summed E-state index contributed by atoms with van der Waals surface area (Å²) in [5, 5.41) is 52.7. The smallest absolute Gasteiger partial charge is 0.335 e. The number of aliphatic hydroxyl groups excluding tert-OH is 2. The lowest BCUT2D eigenvalue weighted by atomic mass is 9.52. The second-order valence-corrected chi connectivity index (χ2v) is 8.88. The number of carbonyl (C=O) groups is 3. The van der Waals surface area contributed by atoms with Crippen LogP contribution in [0.25, 0.3) is 0 Å². The largest absolute Gasteiger partial charge is 0.481 e. The molecule has 3 unspecified atom stereocenters. The molecule has 0 amide bonds. The quantitative estimate of drug-likeness (QED) is 0.259. The summed E-state index contributed by atoms with van der Waals surface area (Å²) in [6.45, 7) is 0. The Morgan fingerprint density at radius 2 is 0.944 bits per heavy atom. The third-order valence-electron chi connectivity index (χ3n) is 6.73. The molecular formula is C28H28O8. The van der Waals surface area contributed by atoms with Crippen LogP contribution in [0.1, 0.15) is 16.7 Å². The van der Waals surface area contributed by atoms with Crippen LogP contribution >= 0.6 is 0 Å². The molecule has 0 aromatic heterocycles. The van der Waals surface area contributed by atoms with E-state index < -0.39 is 47.4 Å². The summed E-state index contributed by atoms with van der Waals surface area (Å²) >= 11 is 0. The Kier molecular flexibility index (Phi) is 8.24. The van der Waals surface area contributed by atoms with Crippen molar-refractivity contribution in [2.24, 2.45) is 10.8 Å². The van der Waals surface area contributed by atoms with Crippen molar-refractivity contribution in [3.05, 3.63) is 108 Å². The molecule has 0 heterocycles. The van der Waals surface area contributed by atoms with Gasteiger partial charge in [-0.25, -0.2) is 4.79 Å². The number of hydrogen-bond acceptors (Lipinski definition) is 5. The maximum Gasteiger partial charge on any atom is 0.335 e. The molecule has 36 heavy (non-hydrogen) atoms. The summed E-state index contributed by atoms with van der Waals surface area (Å²) in [7, 11) is 0. The first-order valence-electron chi connectivity index (χ1n) is 11.3. The molecule has 8 nitrogen and oxygen atoms in total. The third kappa shape index (κ3) is 5.15. The molecular weight excluding hydrogens is 464 g/mol. The Morgan fingerprint density at radius 3 is 1.25 bits per heavy atom. The van der Waals surface area contributed by atoms with Crippen LogP contribution in [-0.4, -0.2) is 55.6 Å². The van der Waals surface area contributed by atoms with Gasteiger partial charge in [0.2, 0.25) is 0 Å². The molecule has 0 saturated carbocycles. The molecule has 0 saturated heterocycles. The zero-order valence-corrected chi connectivity index (χ0v) is 19.4. The van der Waals surface area contributed by atoms with Gasteiger partial charge in [-0.15, -0.1) is 0 Å². The van der Waals surface area contributed by atoms with E-state index in [2.05, 4.69) is 0 Å². The molecule has 3 rings (SSSR count). The first-order valence-corrected chi connectivity index (χ1v) is 11.3. The van der Waals surface area contributed by atoms with Crippen molar-refractivity contribution in [1.29, 1.82) is 0 Å². The van der Waals surface area contributed by atoms with E-state index in [1.165, 1.54) is 0 Å². The number of hydrogen-bond donors (Lipinski definition) is 5. The number of rotatable bonds is 12. The van der Waals surface area contributed by atoms with E-state index in [1.54, 1.807) is 91.0 Å². The van der Waals surface area contributed by atoms with Crippen LogP contribution in [0.15, 0.2) is 91.0 Å². The van der Waals surface area contributed by atoms with Gasteiger partial charge in [-0.2, -0.15) is 0 Å². The molecule has 0 spiro atoms. The zero-order valence-electron chi connectivity index (χ0n) is 19.4. The van der Waals surface area contributed by atoms with Crippen LogP contribution in [0.3, 0.4) is 0 Å². The van der Waals surface area contributed by atoms with E-state index in [0.717, 1.165) is 0 Å². The predicted molar refractivity (Wildman–Crippen MR) is 130 cm³/mol. The maximum absolute atomic E-state index is 13.3.